The number of hydrogen-bond acceptors (Lipinski definition) is 8. The smallest absolute Gasteiger partial charge is 0.410 e. The minimum Gasteiger partial charge on any atom is -0.444 e. The quantitative estimate of drug-likeness (QED) is 0.497. The predicted octanol–water partition coefficient (Wildman–Crippen LogP) is 5.25. The number of benzene rings is 1. The summed E-state index contributed by atoms with van der Waals surface area (Å²) in [4.78, 5) is 28.4. The van der Waals surface area contributed by atoms with Gasteiger partial charge in [-0.15, -0.1) is 11.3 Å². The molecule has 0 fully saturated rings. The molecule has 0 bridgehead atoms. The molecule has 1 atom stereocenters. The molecule has 4 heterocycles. The van der Waals surface area contributed by atoms with Crippen molar-refractivity contribution >= 4 is 34.8 Å². The van der Waals surface area contributed by atoms with Crippen LogP contribution in [0.5, 0.6) is 0 Å². The first kappa shape index (κ1) is 22.3. The number of ether oxygens (including phenoxy) is 1. The van der Waals surface area contributed by atoms with Gasteiger partial charge < -0.3 is 20.3 Å². The van der Waals surface area contributed by atoms with Gasteiger partial charge in [-0.3, -0.25) is 4.98 Å². The molecule has 5 rings (SSSR count). The van der Waals surface area contributed by atoms with E-state index in [1.807, 2.05) is 44.6 Å². The summed E-state index contributed by atoms with van der Waals surface area (Å²) in [7, 11) is 0. The van der Waals surface area contributed by atoms with E-state index < -0.39 is 5.60 Å². The van der Waals surface area contributed by atoms with Crippen LogP contribution in [0.3, 0.4) is 0 Å². The number of nitrogens with zero attached hydrogens (tertiary/aromatic N) is 4. The lowest BCUT2D eigenvalue weighted by Gasteiger charge is -2.31. The fourth-order valence-electron chi connectivity index (χ4n) is 4.22. The van der Waals surface area contributed by atoms with Crippen LogP contribution >= 0.6 is 11.3 Å². The van der Waals surface area contributed by atoms with Gasteiger partial charge in [-0.1, -0.05) is 18.2 Å². The number of carbonyl (C=O) groups excluding carboxylic acids is 1. The van der Waals surface area contributed by atoms with E-state index in [2.05, 4.69) is 43.8 Å². The fraction of sp³-hybridized carbons (Fsp3) is 0.360. The summed E-state index contributed by atoms with van der Waals surface area (Å²) in [6.07, 6.45) is 6.94. The Morgan fingerprint density at radius 1 is 1.29 bits per heavy atom. The third kappa shape index (κ3) is 4.89. The molecule has 3 aromatic rings. The van der Waals surface area contributed by atoms with Crippen molar-refractivity contribution in [2.75, 3.05) is 23.7 Å². The number of hydrogen-bond donors (Lipinski definition) is 2. The van der Waals surface area contributed by atoms with Crippen LogP contribution in [0.15, 0.2) is 53.9 Å². The van der Waals surface area contributed by atoms with Gasteiger partial charge >= 0.3 is 6.09 Å². The maximum atomic E-state index is 12.4. The molecule has 2 aliphatic heterocycles. The van der Waals surface area contributed by atoms with Crippen molar-refractivity contribution in [3.05, 3.63) is 59.5 Å². The van der Waals surface area contributed by atoms with Crippen LogP contribution in [0.2, 0.25) is 0 Å². The van der Waals surface area contributed by atoms with Crippen molar-refractivity contribution in [1.82, 2.24) is 19.9 Å². The van der Waals surface area contributed by atoms with Crippen LogP contribution in [0, 0.1) is 0 Å². The van der Waals surface area contributed by atoms with Crippen molar-refractivity contribution in [2.24, 2.45) is 0 Å². The van der Waals surface area contributed by atoms with E-state index >= 15 is 0 Å². The number of amides is 1. The summed E-state index contributed by atoms with van der Waals surface area (Å²) < 4.78 is 5.51. The number of fused-ring (bicyclic) bond motifs is 1. The SMILES string of the molecule is CC(C)(C)OC(=O)N1CC=C(C2Cc3c(Nc4cccc(-c5cncs5)c4)ncnc3N2)CC1. The molecule has 0 spiro atoms. The van der Waals surface area contributed by atoms with E-state index in [4.69, 9.17) is 4.74 Å². The number of carbonyl (C=O) groups is 1. The van der Waals surface area contributed by atoms with E-state index in [1.54, 1.807) is 22.6 Å². The van der Waals surface area contributed by atoms with E-state index in [0.717, 1.165) is 46.2 Å². The summed E-state index contributed by atoms with van der Waals surface area (Å²) in [5.41, 5.74) is 5.81. The van der Waals surface area contributed by atoms with E-state index in [1.165, 1.54) is 5.57 Å². The first-order valence-electron chi connectivity index (χ1n) is 11.4. The summed E-state index contributed by atoms with van der Waals surface area (Å²) >= 11 is 1.62. The molecule has 2 N–H and O–H groups in total. The van der Waals surface area contributed by atoms with Crippen LogP contribution in [0.4, 0.5) is 22.1 Å². The van der Waals surface area contributed by atoms with Crippen LogP contribution < -0.4 is 10.6 Å². The van der Waals surface area contributed by atoms with Crippen molar-refractivity contribution in [2.45, 2.75) is 45.3 Å². The molecular formula is C25H28N6O2S. The predicted molar refractivity (Wildman–Crippen MR) is 134 cm³/mol. The standard InChI is InChI=1S/C25H28N6O2S/c1-25(2,3)33-24(32)31-9-7-16(8-10-31)20-12-19-22(27-14-28-23(19)30-20)29-18-6-4-5-17(11-18)21-13-26-15-34-21/h4-7,11,13-15,20H,8-10,12H2,1-3H3,(H2,27,28,29,30). The van der Waals surface area contributed by atoms with Gasteiger partial charge in [0.1, 0.15) is 23.6 Å². The number of anilines is 3. The molecule has 1 amide bonds. The Hall–Kier alpha value is -3.46. The third-order valence-corrected chi connectivity index (χ3v) is 6.67. The van der Waals surface area contributed by atoms with Crippen LogP contribution in [0.25, 0.3) is 10.4 Å². The molecule has 176 valence electrons. The second kappa shape index (κ2) is 9.06. The Morgan fingerprint density at radius 2 is 2.18 bits per heavy atom. The molecule has 34 heavy (non-hydrogen) atoms. The number of nitrogens with one attached hydrogen (secondary N) is 2. The van der Waals surface area contributed by atoms with Crippen molar-refractivity contribution in [1.29, 1.82) is 0 Å². The van der Waals surface area contributed by atoms with Gasteiger partial charge in [-0.2, -0.15) is 0 Å². The largest absolute Gasteiger partial charge is 0.444 e. The Balaban J connectivity index is 1.27. The molecule has 1 unspecified atom stereocenters. The van der Waals surface area contributed by atoms with Crippen molar-refractivity contribution in [3.63, 3.8) is 0 Å². The van der Waals surface area contributed by atoms with Gasteiger partial charge in [0.2, 0.25) is 0 Å². The highest BCUT2D eigenvalue weighted by Crippen LogP contribution is 2.35. The first-order chi connectivity index (χ1) is 16.4. The molecule has 2 aliphatic rings. The highest BCUT2D eigenvalue weighted by atomic mass is 32.1. The van der Waals surface area contributed by atoms with Crippen LogP contribution in [-0.4, -0.2) is 50.7 Å². The summed E-state index contributed by atoms with van der Waals surface area (Å²) in [5.74, 6) is 1.67. The average molecular weight is 477 g/mol. The molecule has 0 saturated heterocycles. The van der Waals surface area contributed by atoms with Crippen molar-refractivity contribution in [3.8, 4) is 10.4 Å². The fourth-order valence-corrected chi connectivity index (χ4v) is 4.84. The van der Waals surface area contributed by atoms with E-state index in [0.29, 0.717) is 13.1 Å². The number of rotatable bonds is 4. The van der Waals surface area contributed by atoms with Crippen molar-refractivity contribution < 1.29 is 9.53 Å². The lowest BCUT2D eigenvalue weighted by atomic mass is 9.97. The van der Waals surface area contributed by atoms with E-state index in [9.17, 15) is 4.79 Å². The zero-order valence-corrected chi connectivity index (χ0v) is 20.4. The van der Waals surface area contributed by atoms with E-state index in [-0.39, 0.29) is 12.1 Å². The molecule has 2 aromatic heterocycles. The zero-order valence-electron chi connectivity index (χ0n) is 19.5. The number of thiazole rings is 1. The minimum absolute atomic E-state index is 0.150. The van der Waals surface area contributed by atoms with Gasteiger partial charge in [0.15, 0.2) is 0 Å². The molecule has 9 heteroatoms. The Kier molecular flexibility index (Phi) is 5.95. The monoisotopic (exact) mass is 476 g/mol. The Bertz CT molecular complexity index is 1220. The normalized spacial score (nSPS) is 17.6. The second-order valence-corrected chi connectivity index (χ2v) is 10.4. The molecule has 8 nitrogen and oxygen atoms in total. The maximum Gasteiger partial charge on any atom is 0.410 e. The lowest BCUT2D eigenvalue weighted by Crippen LogP contribution is -2.40. The van der Waals surface area contributed by atoms with Gasteiger partial charge in [-0.05, 0) is 50.5 Å². The third-order valence-electron chi connectivity index (χ3n) is 5.85. The summed E-state index contributed by atoms with van der Waals surface area (Å²) in [6.45, 7) is 6.87. The van der Waals surface area contributed by atoms with Gasteiger partial charge in [-0.25, -0.2) is 14.8 Å². The highest BCUT2D eigenvalue weighted by molar-refractivity contribution is 7.13. The van der Waals surface area contributed by atoms with Gasteiger partial charge in [0, 0.05) is 37.0 Å². The highest BCUT2D eigenvalue weighted by Gasteiger charge is 2.31. The van der Waals surface area contributed by atoms with Crippen LogP contribution in [0.1, 0.15) is 32.8 Å². The Morgan fingerprint density at radius 3 is 2.91 bits per heavy atom. The second-order valence-electron chi connectivity index (χ2n) is 9.48. The molecule has 0 aliphatic carbocycles. The molecule has 0 saturated carbocycles. The minimum atomic E-state index is -0.488. The number of aromatic nitrogens is 3. The van der Waals surface area contributed by atoms with Gasteiger partial charge in [0.25, 0.3) is 0 Å². The zero-order chi connectivity index (χ0) is 23.7. The van der Waals surface area contributed by atoms with Crippen LogP contribution in [-0.2, 0) is 11.2 Å². The van der Waals surface area contributed by atoms with Gasteiger partial charge in [0.05, 0.1) is 16.4 Å². The average Bonchev–Trinajstić information content (AvgIpc) is 3.49. The lowest BCUT2D eigenvalue weighted by molar-refractivity contribution is 0.0265. The summed E-state index contributed by atoms with van der Waals surface area (Å²) in [6, 6.07) is 8.40. The molecular weight excluding hydrogens is 448 g/mol. The topological polar surface area (TPSA) is 92.3 Å². The Labute approximate surface area is 203 Å². The summed E-state index contributed by atoms with van der Waals surface area (Å²) in [5, 5.41) is 7.02. The molecule has 0 radical (unpaired) electrons. The first-order valence-corrected chi connectivity index (χ1v) is 12.3. The maximum absolute atomic E-state index is 12.4. The molecule has 1 aromatic carbocycles.